The van der Waals surface area contributed by atoms with Crippen molar-refractivity contribution in [1.29, 1.82) is 0 Å². The van der Waals surface area contributed by atoms with Gasteiger partial charge in [0.2, 0.25) is 11.8 Å². The molecule has 6 nitrogen and oxygen atoms in total. The van der Waals surface area contributed by atoms with Gasteiger partial charge in [0, 0.05) is 6.54 Å². The summed E-state index contributed by atoms with van der Waals surface area (Å²) in [7, 11) is 0. The van der Waals surface area contributed by atoms with E-state index in [-0.39, 0.29) is 18.2 Å². The summed E-state index contributed by atoms with van der Waals surface area (Å²) in [4.78, 5) is 24.8. The van der Waals surface area contributed by atoms with Crippen LogP contribution in [0.5, 0.6) is 5.75 Å². The van der Waals surface area contributed by atoms with Crippen molar-refractivity contribution in [2.24, 2.45) is 11.5 Å². The molecule has 2 amide bonds. The van der Waals surface area contributed by atoms with Gasteiger partial charge >= 0.3 is 0 Å². The monoisotopic (exact) mass is 293 g/mol. The molecule has 0 aromatic heterocycles. The molecule has 0 aliphatic heterocycles. The molecule has 0 aliphatic rings. The fourth-order valence-electron chi connectivity index (χ4n) is 2.01. The highest BCUT2D eigenvalue weighted by atomic mass is 16.3. The van der Waals surface area contributed by atoms with Crippen LogP contribution in [0.15, 0.2) is 24.3 Å². The third-order valence-electron chi connectivity index (χ3n) is 3.15. The number of rotatable bonds is 8. The van der Waals surface area contributed by atoms with Crippen molar-refractivity contribution in [3.05, 3.63) is 29.8 Å². The van der Waals surface area contributed by atoms with Crippen LogP contribution in [0, 0.1) is 0 Å². The van der Waals surface area contributed by atoms with E-state index in [4.69, 9.17) is 11.5 Å². The van der Waals surface area contributed by atoms with Crippen LogP contribution in [-0.2, 0) is 16.0 Å². The molecule has 0 aliphatic carbocycles. The van der Waals surface area contributed by atoms with Gasteiger partial charge in [0.15, 0.2) is 0 Å². The van der Waals surface area contributed by atoms with Gasteiger partial charge in [-0.3, -0.25) is 9.59 Å². The number of nitrogens with two attached hydrogens (primary N) is 2. The molecule has 0 saturated carbocycles. The van der Waals surface area contributed by atoms with Gasteiger partial charge in [-0.05, 0) is 30.5 Å². The van der Waals surface area contributed by atoms with Gasteiger partial charge in [0.1, 0.15) is 5.75 Å². The van der Waals surface area contributed by atoms with Crippen molar-refractivity contribution in [1.82, 2.24) is 4.90 Å². The number of aromatic hydroxyl groups is 1. The van der Waals surface area contributed by atoms with E-state index < -0.39 is 11.9 Å². The Morgan fingerprint density at radius 3 is 2.43 bits per heavy atom. The molecule has 5 N–H and O–H groups in total. The first-order chi connectivity index (χ1) is 9.93. The lowest BCUT2D eigenvalue weighted by Gasteiger charge is -2.24. The van der Waals surface area contributed by atoms with E-state index in [1.54, 1.807) is 24.3 Å². The fourth-order valence-corrected chi connectivity index (χ4v) is 2.01. The lowest BCUT2D eigenvalue weighted by Crippen LogP contribution is -2.48. The van der Waals surface area contributed by atoms with Gasteiger partial charge in [0.05, 0.1) is 12.6 Å². The molecule has 21 heavy (non-hydrogen) atoms. The number of hydrogen-bond donors (Lipinski definition) is 3. The second-order valence-corrected chi connectivity index (χ2v) is 5.06. The van der Waals surface area contributed by atoms with Crippen molar-refractivity contribution in [2.75, 3.05) is 13.1 Å². The van der Waals surface area contributed by atoms with Crippen LogP contribution >= 0.6 is 0 Å². The molecule has 0 spiro atoms. The summed E-state index contributed by atoms with van der Waals surface area (Å²) in [5.74, 6) is -0.663. The van der Waals surface area contributed by atoms with E-state index in [0.29, 0.717) is 13.0 Å². The standard InChI is InChI=1S/C15H23N3O3/c1-2-3-8-18(10-14(17)20)15(21)13(16)9-11-4-6-12(19)7-5-11/h4-7,13,19H,2-3,8-10,16H2,1H3,(H2,17,20)/t13-/m1/s1. The molecule has 0 bridgehead atoms. The van der Waals surface area contributed by atoms with Crippen LogP contribution in [0.3, 0.4) is 0 Å². The number of carbonyl (C=O) groups excluding carboxylic acids is 2. The molecule has 0 fully saturated rings. The zero-order valence-corrected chi connectivity index (χ0v) is 12.3. The summed E-state index contributed by atoms with van der Waals surface area (Å²) in [5, 5.41) is 9.23. The zero-order chi connectivity index (χ0) is 15.8. The van der Waals surface area contributed by atoms with Crippen LogP contribution < -0.4 is 11.5 Å². The topological polar surface area (TPSA) is 110 Å². The first kappa shape index (κ1) is 17.0. The molecule has 0 heterocycles. The average molecular weight is 293 g/mol. The van der Waals surface area contributed by atoms with Gasteiger partial charge in [0.25, 0.3) is 0 Å². The number of unbranched alkanes of at least 4 members (excludes halogenated alkanes) is 1. The minimum atomic E-state index is -0.731. The summed E-state index contributed by atoms with van der Waals surface area (Å²) >= 11 is 0. The van der Waals surface area contributed by atoms with E-state index in [1.165, 1.54) is 4.90 Å². The van der Waals surface area contributed by atoms with E-state index in [0.717, 1.165) is 18.4 Å². The molecule has 1 rings (SSSR count). The summed E-state index contributed by atoms with van der Waals surface area (Å²) in [5.41, 5.74) is 12.0. The maximum absolute atomic E-state index is 12.3. The summed E-state index contributed by atoms with van der Waals surface area (Å²) in [6, 6.07) is 5.79. The number of hydrogen-bond acceptors (Lipinski definition) is 4. The lowest BCUT2D eigenvalue weighted by atomic mass is 10.1. The first-order valence-corrected chi connectivity index (χ1v) is 7.04. The Kier molecular flexibility index (Phi) is 6.68. The molecule has 0 saturated heterocycles. The van der Waals surface area contributed by atoms with Crippen molar-refractivity contribution in [2.45, 2.75) is 32.2 Å². The van der Waals surface area contributed by atoms with Crippen molar-refractivity contribution in [3.63, 3.8) is 0 Å². The number of nitrogens with zero attached hydrogens (tertiary/aromatic N) is 1. The molecule has 1 atom stereocenters. The van der Waals surface area contributed by atoms with Gasteiger partial charge < -0.3 is 21.5 Å². The first-order valence-electron chi connectivity index (χ1n) is 7.04. The van der Waals surface area contributed by atoms with Crippen LogP contribution in [0.4, 0.5) is 0 Å². The molecule has 6 heteroatoms. The molecule has 0 radical (unpaired) electrons. The predicted octanol–water partition coefficient (Wildman–Crippen LogP) is 0.376. The van der Waals surface area contributed by atoms with E-state index in [9.17, 15) is 14.7 Å². The van der Waals surface area contributed by atoms with Crippen molar-refractivity contribution >= 4 is 11.8 Å². The number of phenols is 1. The highest BCUT2D eigenvalue weighted by Crippen LogP contribution is 2.11. The molecular formula is C15H23N3O3. The van der Waals surface area contributed by atoms with Gasteiger partial charge in [-0.25, -0.2) is 0 Å². The van der Waals surface area contributed by atoms with Crippen LogP contribution in [0.2, 0.25) is 0 Å². The zero-order valence-electron chi connectivity index (χ0n) is 12.3. The van der Waals surface area contributed by atoms with E-state index in [1.807, 2.05) is 6.92 Å². The summed E-state index contributed by atoms with van der Waals surface area (Å²) in [6.45, 7) is 2.37. The van der Waals surface area contributed by atoms with Crippen LogP contribution in [0.25, 0.3) is 0 Å². The Labute approximate surface area is 124 Å². The highest BCUT2D eigenvalue weighted by molar-refractivity contribution is 5.87. The van der Waals surface area contributed by atoms with Gasteiger partial charge in [-0.15, -0.1) is 0 Å². The smallest absolute Gasteiger partial charge is 0.240 e. The Bertz CT molecular complexity index is 474. The number of phenolic OH excluding ortho intramolecular Hbond substituents is 1. The van der Waals surface area contributed by atoms with Crippen LogP contribution in [-0.4, -0.2) is 41.0 Å². The Balaban J connectivity index is 2.67. The second kappa shape index (κ2) is 8.26. The maximum Gasteiger partial charge on any atom is 0.240 e. The molecule has 1 aromatic carbocycles. The quantitative estimate of drug-likeness (QED) is 0.643. The average Bonchev–Trinajstić information content (AvgIpc) is 2.44. The molecule has 1 aromatic rings. The minimum absolute atomic E-state index is 0.109. The fraction of sp³-hybridized carbons (Fsp3) is 0.467. The highest BCUT2D eigenvalue weighted by Gasteiger charge is 2.22. The number of amides is 2. The van der Waals surface area contributed by atoms with Crippen LogP contribution in [0.1, 0.15) is 25.3 Å². The Hall–Kier alpha value is -2.08. The lowest BCUT2D eigenvalue weighted by molar-refractivity contribution is -0.136. The third-order valence-corrected chi connectivity index (χ3v) is 3.15. The normalized spacial score (nSPS) is 11.9. The molecule has 0 unspecified atom stereocenters. The maximum atomic E-state index is 12.3. The molecule has 116 valence electrons. The van der Waals surface area contributed by atoms with Crippen molar-refractivity contribution < 1.29 is 14.7 Å². The largest absolute Gasteiger partial charge is 0.508 e. The SMILES string of the molecule is CCCCN(CC(N)=O)C(=O)[C@H](N)Cc1ccc(O)cc1. The number of primary amides is 1. The number of carbonyl (C=O) groups is 2. The minimum Gasteiger partial charge on any atom is -0.508 e. The number of benzene rings is 1. The van der Waals surface area contributed by atoms with Gasteiger partial charge in [-0.2, -0.15) is 0 Å². The summed E-state index contributed by atoms with van der Waals surface area (Å²) in [6.07, 6.45) is 2.06. The Morgan fingerprint density at radius 1 is 1.29 bits per heavy atom. The molecular weight excluding hydrogens is 270 g/mol. The predicted molar refractivity (Wildman–Crippen MR) is 80.5 cm³/mol. The Morgan fingerprint density at radius 2 is 1.90 bits per heavy atom. The van der Waals surface area contributed by atoms with E-state index >= 15 is 0 Å². The van der Waals surface area contributed by atoms with E-state index in [2.05, 4.69) is 0 Å². The second-order valence-electron chi connectivity index (χ2n) is 5.06. The third kappa shape index (κ3) is 5.83. The van der Waals surface area contributed by atoms with Crippen molar-refractivity contribution in [3.8, 4) is 5.75 Å². The van der Waals surface area contributed by atoms with Gasteiger partial charge in [-0.1, -0.05) is 25.5 Å². The summed E-state index contributed by atoms with van der Waals surface area (Å²) < 4.78 is 0.